The highest BCUT2D eigenvalue weighted by Gasteiger charge is 1.97. The Hall–Kier alpha value is -0.0138. The predicted octanol–water partition coefficient (Wildman–Crippen LogP) is 3.89. The van der Waals surface area contributed by atoms with Crippen LogP contribution < -0.4 is 0 Å². The zero-order chi connectivity index (χ0) is 10.1. The van der Waals surface area contributed by atoms with Gasteiger partial charge in [-0.2, -0.15) is 0 Å². The summed E-state index contributed by atoms with van der Waals surface area (Å²) in [6.45, 7) is 2.28. The first kappa shape index (κ1) is 12.1. The number of benzene rings is 1. The molecule has 0 saturated heterocycles. The van der Waals surface area contributed by atoms with Crippen molar-refractivity contribution in [2.24, 2.45) is 0 Å². The molecule has 0 aliphatic carbocycles. The number of unbranched alkanes of at least 4 members (excludes halogenated alkanes) is 3. The molecule has 0 spiro atoms. The van der Waals surface area contributed by atoms with Gasteiger partial charge in [-0.05, 0) is 0 Å². The molecule has 0 heterocycles. The third-order valence-corrected chi connectivity index (χ3v) is 4.59. The summed E-state index contributed by atoms with van der Waals surface area (Å²) in [5.41, 5.74) is 1.55. The summed E-state index contributed by atoms with van der Waals surface area (Å²) in [5.74, 6) is 0. The Morgan fingerprint density at radius 1 is 1.00 bits per heavy atom. The van der Waals surface area contributed by atoms with Crippen molar-refractivity contribution >= 4 is 20.4 Å². The van der Waals surface area contributed by atoms with Crippen LogP contribution in [0.1, 0.15) is 38.2 Å². The van der Waals surface area contributed by atoms with E-state index < -0.39 is 0 Å². The average molecular weight is 201 g/mol. The monoisotopic (exact) mass is 200 g/mol. The maximum Gasteiger partial charge on any atom is 0.370 e. The molecule has 0 saturated carbocycles. The van der Waals surface area contributed by atoms with Crippen LogP contribution in [0.2, 0.25) is 4.55 Å². The normalized spacial score (nSPS) is 9.79. The largest absolute Gasteiger partial charge is 0.370 e. The Morgan fingerprint density at radius 2 is 1.79 bits per heavy atom. The minimum absolute atomic E-state index is 0.185. The van der Waals surface area contributed by atoms with Gasteiger partial charge in [0.05, 0.1) is 0 Å². The highest BCUT2D eigenvalue weighted by atomic mass is 24.5. The highest BCUT2D eigenvalue weighted by molar-refractivity contribution is 6.34. The van der Waals surface area contributed by atoms with Gasteiger partial charge in [0.1, 0.15) is 0 Å². The van der Waals surface area contributed by atoms with Crippen LogP contribution in [0.15, 0.2) is 30.3 Å². The van der Waals surface area contributed by atoms with Crippen LogP contribution in [0.3, 0.4) is 0 Å². The van der Waals surface area contributed by atoms with Crippen molar-refractivity contribution in [1.82, 2.24) is 0 Å². The van der Waals surface area contributed by atoms with E-state index in [1.54, 1.807) is 5.56 Å². The maximum absolute atomic E-state index is 2.28. The fourth-order valence-corrected chi connectivity index (χ4v) is 3.45. The Labute approximate surface area is 97.8 Å². The molecule has 74 valence electrons. The quantitative estimate of drug-likeness (QED) is 0.463. The van der Waals surface area contributed by atoms with Crippen molar-refractivity contribution in [3.05, 3.63) is 35.9 Å². The first-order valence-corrected chi connectivity index (χ1v) is 7.97. The standard InChI is InChI=1S/C7H7.C6H13.Mg/c1-7-5-3-2-4-6-7;1-3-5-6-4-2;/h2-6H,1H2;1,3-6H2,2H3;. The molecular formula is C13H20Mg. The van der Waals surface area contributed by atoms with E-state index in [1.165, 1.54) is 34.8 Å². The molecule has 0 nitrogen and oxygen atoms in total. The van der Waals surface area contributed by atoms with E-state index in [-0.39, 0.29) is 20.4 Å². The lowest BCUT2D eigenvalue weighted by Gasteiger charge is -1.99. The van der Waals surface area contributed by atoms with Crippen LogP contribution in [-0.2, 0) is 4.55 Å². The van der Waals surface area contributed by atoms with E-state index in [2.05, 4.69) is 37.3 Å². The van der Waals surface area contributed by atoms with E-state index in [9.17, 15) is 0 Å². The SMILES string of the molecule is CCCCC[CH2][Mg][CH2]c1ccccc1. The second-order valence-electron chi connectivity index (χ2n) is 4.00. The van der Waals surface area contributed by atoms with E-state index in [1.807, 2.05) is 0 Å². The first-order valence-electron chi connectivity index (χ1n) is 5.97. The number of hydrogen-bond acceptors (Lipinski definition) is 0. The molecule has 1 rings (SSSR count). The van der Waals surface area contributed by atoms with Crippen molar-refractivity contribution in [2.75, 3.05) is 0 Å². The fraction of sp³-hybridized carbons (Fsp3) is 0.538. The van der Waals surface area contributed by atoms with E-state index >= 15 is 0 Å². The fourth-order valence-electron chi connectivity index (χ4n) is 1.75. The summed E-state index contributed by atoms with van der Waals surface area (Å²) in [4.78, 5) is 0. The van der Waals surface area contributed by atoms with Crippen molar-refractivity contribution in [3.63, 3.8) is 0 Å². The molecule has 1 heteroatoms. The molecule has 0 radical (unpaired) electrons. The molecule has 0 aliphatic heterocycles. The molecular weight excluding hydrogens is 180 g/mol. The minimum atomic E-state index is 0.185. The van der Waals surface area contributed by atoms with Crippen LogP contribution in [0.5, 0.6) is 0 Å². The Balaban J connectivity index is 1.99. The van der Waals surface area contributed by atoms with Gasteiger partial charge < -0.3 is 0 Å². The van der Waals surface area contributed by atoms with Crippen LogP contribution in [-0.4, -0.2) is 20.4 Å². The molecule has 0 aromatic heterocycles. The average Bonchev–Trinajstić information content (AvgIpc) is 2.25. The maximum atomic E-state index is 2.28. The Bertz CT molecular complexity index is 218. The molecule has 0 aliphatic rings. The molecule has 0 atom stereocenters. The number of hydrogen-bond donors (Lipinski definition) is 0. The topological polar surface area (TPSA) is 0 Å². The van der Waals surface area contributed by atoms with E-state index in [0.29, 0.717) is 0 Å². The summed E-state index contributed by atoms with van der Waals surface area (Å²) in [6, 6.07) is 10.9. The van der Waals surface area contributed by atoms with E-state index in [0.717, 1.165) is 0 Å². The van der Waals surface area contributed by atoms with Crippen molar-refractivity contribution in [1.29, 1.82) is 0 Å². The van der Waals surface area contributed by atoms with Gasteiger partial charge in [-0.15, -0.1) is 9.10 Å². The van der Waals surface area contributed by atoms with Crippen molar-refractivity contribution in [3.8, 4) is 0 Å². The first-order chi connectivity index (χ1) is 6.93. The van der Waals surface area contributed by atoms with Crippen LogP contribution in [0.25, 0.3) is 0 Å². The van der Waals surface area contributed by atoms with Crippen LogP contribution in [0.4, 0.5) is 0 Å². The summed E-state index contributed by atoms with van der Waals surface area (Å²) in [5, 5.41) is 0. The van der Waals surface area contributed by atoms with Gasteiger partial charge in [-0.3, -0.25) is 0 Å². The molecule has 0 fully saturated rings. The second-order valence-corrected chi connectivity index (χ2v) is 5.92. The van der Waals surface area contributed by atoms with Crippen molar-refractivity contribution in [2.45, 2.75) is 41.7 Å². The summed E-state index contributed by atoms with van der Waals surface area (Å²) in [7, 11) is 0. The third kappa shape index (κ3) is 5.66. The molecule has 0 amide bonds. The molecule has 1 aromatic carbocycles. The van der Waals surface area contributed by atoms with Gasteiger partial charge in [-0.1, -0.05) is 68.5 Å². The molecule has 14 heavy (non-hydrogen) atoms. The van der Waals surface area contributed by atoms with Gasteiger partial charge in [0.25, 0.3) is 0 Å². The minimum Gasteiger partial charge on any atom is -0.145 e. The Morgan fingerprint density at radius 3 is 2.50 bits per heavy atom. The van der Waals surface area contributed by atoms with Gasteiger partial charge in [0.2, 0.25) is 0 Å². The molecule has 0 N–H and O–H groups in total. The molecule has 0 unspecified atom stereocenters. The van der Waals surface area contributed by atoms with Gasteiger partial charge >= 0.3 is 20.4 Å². The van der Waals surface area contributed by atoms with Crippen LogP contribution in [0, 0.1) is 0 Å². The summed E-state index contributed by atoms with van der Waals surface area (Å²) in [6.07, 6.45) is 5.73. The van der Waals surface area contributed by atoms with E-state index in [4.69, 9.17) is 0 Å². The third-order valence-electron chi connectivity index (χ3n) is 2.66. The highest BCUT2D eigenvalue weighted by Crippen LogP contribution is 2.05. The lowest BCUT2D eigenvalue weighted by Crippen LogP contribution is -1.95. The Kier molecular flexibility index (Phi) is 7.15. The molecule has 1 aromatic rings. The smallest absolute Gasteiger partial charge is 0.145 e. The zero-order valence-corrected chi connectivity index (χ0v) is 10.8. The predicted molar refractivity (Wildman–Crippen MR) is 64.8 cm³/mol. The summed E-state index contributed by atoms with van der Waals surface area (Å²) < 4.78 is 2.93. The number of rotatable bonds is 7. The van der Waals surface area contributed by atoms with Gasteiger partial charge in [0, 0.05) is 0 Å². The second kappa shape index (κ2) is 8.31. The summed E-state index contributed by atoms with van der Waals surface area (Å²) >= 11 is 0.185. The lowest BCUT2D eigenvalue weighted by atomic mass is 10.2. The van der Waals surface area contributed by atoms with Gasteiger partial charge in [-0.25, -0.2) is 0 Å². The van der Waals surface area contributed by atoms with Crippen molar-refractivity contribution < 1.29 is 0 Å². The lowest BCUT2D eigenvalue weighted by molar-refractivity contribution is 0.700. The zero-order valence-electron chi connectivity index (χ0n) is 9.34. The van der Waals surface area contributed by atoms with Gasteiger partial charge in [0.15, 0.2) is 0 Å². The molecule has 0 bridgehead atoms. The van der Waals surface area contributed by atoms with Crippen LogP contribution >= 0.6 is 0 Å².